The lowest BCUT2D eigenvalue weighted by Gasteiger charge is -2.23. The minimum atomic E-state index is 0.476. The van der Waals surface area contributed by atoms with Crippen molar-refractivity contribution in [3.63, 3.8) is 0 Å². The van der Waals surface area contributed by atoms with Gasteiger partial charge < -0.3 is 4.90 Å². The SMILES string of the molecule is CCCCC(CC)CC(CCN(C)C)NN. The van der Waals surface area contributed by atoms with Gasteiger partial charge in [-0.15, -0.1) is 0 Å². The number of unbranched alkanes of at least 4 members (excludes halogenated alkanes) is 1. The number of hydrazine groups is 1. The van der Waals surface area contributed by atoms with Gasteiger partial charge in [-0.2, -0.15) is 0 Å². The van der Waals surface area contributed by atoms with Crippen molar-refractivity contribution < 1.29 is 0 Å². The lowest BCUT2D eigenvalue weighted by atomic mass is 9.91. The van der Waals surface area contributed by atoms with Crippen LogP contribution in [-0.2, 0) is 0 Å². The topological polar surface area (TPSA) is 41.3 Å². The molecular formula is C13H31N3. The van der Waals surface area contributed by atoms with E-state index in [0.29, 0.717) is 6.04 Å². The lowest BCUT2D eigenvalue weighted by molar-refractivity contribution is 0.305. The highest BCUT2D eigenvalue weighted by Gasteiger charge is 2.13. The van der Waals surface area contributed by atoms with Crippen LogP contribution in [0.3, 0.4) is 0 Å². The first-order valence-corrected chi connectivity index (χ1v) is 6.74. The Balaban J connectivity index is 3.86. The highest BCUT2D eigenvalue weighted by atomic mass is 15.2. The molecule has 0 aromatic heterocycles. The molecule has 0 aliphatic rings. The Hall–Kier alpha value is -0.120. The lowest BCUT2D eigenvalue weighted by Crippen LogP contribution is -2.38. The first kappa shape index (κ1) is 15.9. The maximum absolute atomic E-state index is 5.62. The fourth-order valence-corrected chi connectivity index (χ4v) is 2.07. The fraction of sp³-hybridized carbons (Fsp3) is 1.00. The van der Waals surface area contributed by atoms with Gasteiger partial charge in [0.25, 0.3) is 0 Å². The van der Waals surface area contributed by atoms with Gasteiger partial charge in [-0.05, 0) is 39.4 Å². The Morgan fingerprint density at radius 1 is 1.19 bits per heavy atom. The summed E-state index contributed by atoms with van der Waals surface area (Å²) in [5.74, 6) is 6.46. The summed E-state index contributed by atoms with van der Waals surface area (Å²) in [6.45, 7) is 5.66. The molecule has 0 aromatic rings. The van der Waals surface area contributed by atoms with E-state index in [1.54, 1.807) is 0 Å². The third-order valence-corrected chi connectivity index (χ3v) is 3.32. The zero-order chi connectivity index (χ0) is 12.4. The van der Waals surface area contributed by atoms with Crippen molar-refractivity contribution in [1.29, 1.82) is 0 Å². The molecule has 3 nitrogen and oxygen atoms in total. The highest BCUT2D eigenvalue weighted by molar-refractivity contribution is 4.70. The molecule has 0 rings (SSSR count). The quantitative estimate of drug-likeness (QED) is 0.446. The summed E-state index contributed by atoms with van der Waals surface area (Å²) in [6, 6.07) is 0.476. The van der Waals surface area contributed by atoms with E-state index < -0.39 is 0 Å². The first-order chi connectivity index (χ1) is 7.63. The number of hydrogen-bond acceptors (Lipinski definition) is 3. The summed E-state index contributed by atoms with van der Waals surface area (Å²) in [4.78, 5) is 2.22. The van der Waals surface area contributed by atoms with Crippen molar-refractivity contribution in [2.45, 2.75) is 58.4 Å². The minimum Gasteiger partial charge on any atom is -0.309 e. The van der Waals surface area contributed by atoms with E-state index >= 15 is 0 Å². The molecule has 2 atom stereocenters. The molecule has 0 heterocycles. The van der Waals surface area contributed by atoms with Crippen molar-refractivity contribution in [3.8, 4) is 0 Å². The normalized spacial score (nSPS) is 15.4. The zero-order valence-electron chi connectivity index (χ0n) is 11.6. The van der Waals surface area contributed by atoms with Crippen molar-refractivity contribution in [2.24, 2.45) is 11.8 Å². The Labute approximate surface area is 102 Å². The van der Waals surface area contributed by atoms with Crippen molar-refractivity contribution >= 4 is 0 Å². The molecule has 0 radical (unpaired) electrons. The van der Waals surface area contributed by atoms with Crippen LogP contribution >= 0.6 is 0 Å². The molecule has 16 heavy (non-hydrogen) atoms. The van der Waals surface area contributed by atoms with Crippen LogP contribution < -0.4 is 11.3 Å². The molecule has 0 amide bonds. The van der Waals surface area contributed by atoms with E-state index in [0.717, 1.165) is 18.9 Å². The first-order valence-electron chi connectivity index (χ1n) is 6.74. The van der Waals surface area contributed by atoms with Gasteiger partial charge in [-0.1, -0.05) is 39.5 Å². The number of nitrogens with one attached hydrogen (secondary N) is 1. The van der Waals surface area contributed by atoms with E-state index in [-0.39, 0.29) is 0 Å². The van der Waals surface area contributed by atoms with Gasteiger partial charge >= 0.3 is 0 Å². The van der Waals surface area contributed by atoms with E-state index in [9.17, 15) is 0 Å². The van der Waals surface area contributed by atoms with E-state index in [1.165, 1.54) is 32.1 Å². The predicted octanol–water partition coefficient (Wildman–Crippen LogP) is 2.38. The summed E-state index contributed by atoms with van der Waals surface area (Å²) in [7, 11) is 4.23. The molecule has 0 saturated heterocycles. The summed E-state index contributed by atoms with van der Waals surface area (Å²) in [6.07, 6.45) is 7.65. The van der Waals surface area contributed by atoms with Crippen LogP contribution in [0.1, 0.15) is 52.4 Å². The van der Waals surface area contributed by atoms with Gasteiger partial charge in [0, 0.05) is 6.04 Å². The Bertz CT molecular complexity index is 148. The van der Waals surface area contributed by atoms with Crippen LogP contribution in [0.15, 0.2) is 0 Å². The van der Waals surface area contributed by atoms with E-state index in [1.807, 2.05) is 0 Å². The number of hydrogen-bond donors (Lipinski definition) is 2. The molecule has 0 saturated carbocycles. The van der Waals surface area contributed by atoms with Gasteiger partial charge in [-0.25, -0.2) is 0 Å². The second kappa shape index (κ2) is 10.1. The Morgan fingerprint density at radius 3 is 2.31 bits per heavy atom. The molecule has 0 aliphatic heterocycles. The maximum Gasteiger partial charge on any atom is 0.0225 e. The molecule has 98 valence electrons. The predicted molar refractivity (Wildman–Crippen MR) is 72.2 cm³/mol. The van der Waals surface area contributed by atoms with E-state index in [4.69, 9.17) is 5.84 Å². The number of nitrogens with two attached hydrogens (primary N) is 1. The van der Waals surface area contributed by atoms with Crippen molar-refractivity contribution in [3.05, 3.63) is 0 Å². The van der Waals surface area contributed by atoms with Crippen LogP contribution in [0.4, 0.5) is 0 Å². The van der Waals surface area contributed by atoms with Crippen LogP contribution in [-0.4, -0.2) is 31.6 Å². The molecule has 3 N–H and O–H groups in total. The van der Waals surface area contributed by atoms with Crippen LogP contribution in [0.25, 0.3) is 0 Å². The van der Waals surface area contributed by atoms with Gasteiger partial charge in [0.05, 0.1) is 0 Å². The summed E-state index contributed by atoms with van der Waals surface area (Å²) in [5.41, 5.74) is 2.97. The number of nitrogens with zero attached hydrogens (tertiary/aromatic N) is 1. The van der Waals surface area contributed by atoms with Gasteiger partial charge in [0.15, 0.2) is 0 Å². The molecule has 0 spiro atoms. The smallest absolute Gasteiger partial charge is 0.0225 e. The van der Waals surface area contributed by atoms with Crippen LogP contribution in [0.5, 0.6) is 0 Å². The second-order valence-corrected chi connectivity index (χ2v) is 5.11. The van der Waals surface area contributed by atoms with Gasteiger partial charge in [0.1, 0.15) is 0 Å². The van der Waals surface area contributed by atoms with Gasteiger partial charge in [0.2, 0.25) is 0 Å². The molecular weight excluding hydrogens is 198 g/mol. The molecule has 2 unspecified atom stereocenters. The van der Waals surface area contributed by atoms with Gasteiger partial charge in [-0.3, -0.25) is 11.3 Å². The summed E-state index contributed by atoms with van der Waals surface area (Å²) < 4.78 is 0. The molecule has 0 aliphatic carbocycles. The van der Waals surface area contributed by atoms with Crippen molar-refractivity contribution in [2.75, 3.05) is 20.6 Å². The second-order valence-electron chi connectivity index (χ2n) is 5.11. The Morgan fingerprint density at radius 2 is 1.88 bits per heavy atom. The largest absolute Gasteiger partial charge is 0.309 e. The monoisotopic (exact) mass is 229 g/mol. The average molecular weight is 229 g/mol. The summed E-state index contributed by atoms with van der Waals surface area (Å²) >= 11 is 0. The average Bonchev–Trinajstić information content (AvgIpc) is 2.28. The zero-order valence-corrected chi connectivity index (χ0v) is 11.6. The van der Waals surface area contributed by atoms with Crippen LogP contribution in [0.2, 0.25) is 0 Å². The maximum atomic E-state index is 5.62. The number of rotatable bonds is 10. The third-order valence-electron chi connectivity index (χ3n) is 3.32. The summed E-state index contributed by atoms with van der Waals surface area (Å²) in [5, 5.41) is 0. The molecule has 0 fully saturated rings. The fourth-order valence-electron chi connectivity index (χ4n) is 2.07. The van der Waals surface area contributed by atoms with Crippen LogP contribution in [0, 0.1) is 5.92 Å². The highest BCUT2D eigenvalue weighted by Crippen LogP contribution is 2.19. The van der Waals surface area contributed by atoms with E-state index in [2.05, 4.69) is 38.3 Å². The Kier molecular flexibility index (Phi) is 9.99. The molecule has 0 aromatic carbocycles. The van der Waals surface area contributed by atoms with Crippen molar-refractivity contribution in [1.82, 2.24) is 10.3 Å². The molecule has 3 heteroatoms. The standard InChI is InChI=1S/C13H31N3/c1-5-7-8-12(6-2)11-13(15-14)9-10-16(3)4/h12-13,15H,5-11,14H2,1-4H3. The third kappa shape index (κ3) is 8.08. The molecule has 0 bridgehead atoms. The minimum absolute atomic E-state index is 0.476.